The summed E-state index contributed by atoms with van der Waals surface area (Å²) in [5.41, 5.74) is 4.64. The van der Waals surface area contributed by atoms with Gasteiger partial charge in [-0.1, -0.05) is 50.2 Å². The number of rotatable bonds is 5. The Balaban J connectivity index is 1.67. The Labute approximate surface area is 217 Å². The summed E-state index contributed by atoms with van der Waals surface area (Å²) in [6, 6.07) is 21.0. The Bertz CT molecular complexity index is 1350. The van der Waals surface area contributed by atoms with Gasteiger partial charge in [0.25, 0.3) is 0 Å². The first-order valence-corrected chi connectivity index (χ1v) is 12.7. The Morgan fingerprint density at radius 3 is 2.35 bits per heavy atom. The highest BCUT2D eigenvalue weighted by molar-refractivity contribution is 6.06. The van der Waals surface area contributed by atoms with Crippen LogP contribution in [0.2, 0.25) is 0 Å². The van der Waals surface area contributed by atoms with Crippen LogP contribution in [0.1, 0.15) is 56.2 Å². The van der Waals surface area contributed by atoms with Crippen LogP contribution in [0.3, 0.4) is 0 Å². The summed E-state index contributed by atoms with van der Waals surface area (Å²) in [7, 11) is 1.63. The van der Waals surface area contributed by atoms with Crippen molar-refractivity contribution in [2.45, 2.75) is 45.1 Å². The number of methoxy groups -OCH3 is 1. The lowest BCUT2D eigenvalue weighted by Crippen LogP contribution is -2.39. The van der Waals surface area contributed by atoms with Gasteiger partial charge in [-0.2, -0.15) is 0 Å². The first-order chi connectivity index (χ1) is 17.9. The monoisotopic (exact) mass is 498 g/mol. The molecule has 0 bridgehead atoms. The van der Waals surface area contributed by atoms with Gasteiger partial charge in [-0.05, 0) is 65.8 Å². The summed E-state index contributed by atoms with van der Waals surface area (Å²) >= 11 is 0. The molecule has 1 aliphatic heterocycles. The second-order valence-electron chi connectivity index (χ2n) is 10.2. The molecule has 0 fully saturated rings. The molecule has 1 amide bonds. The molecule has 3 aromatic rings. The van der Waals surface area contributed by atoms with E-state index in [1.807, 2.05) is 62.4 Å². The number of amides is 1. The number of hydrogen-bond acceptors (Lipinski definition) is 4. The molecule has 1 N–H and O–H groups in total. The standard InChI is InChI=1S/C31H31FN2O3/c1-19(2)16-29(36)34-27-7-5-4-6-25(27)33-26-17-22(20-10-14-24(37-3)15-11-20)18-28(35)30(26)31(34)21-8-12-23(32)13-9-21/h4-15,19,22,31,33H,16-18H2,1-3H3/t22-,31+/m1/s1. The number of nitrogens with one attached hydrogen (secondary N) is 1. The lowest BCUT2D eigenvalue weighted by molar-refractivity contribution is -0.119. The number of carbonyl (C=O) groups is 2. The fraction of sp³-hybridized carbons (Fsp3) is 0.290. The number of anilines is 2. The van der Waals surface area contributed by atoms with Crippen LogP contribution in [0.5, 0.6) is 5.75 Å². The van der Waals surface area contributed by atoms with E-state index < -0.39 is 6.04 Å². The minimum Gasteiger partial charge on any atom is -0.497 e. The summed E-state index contributed by atoms with van der Waals surface area (Å²) in [5, 5.41) is 3.53. The van der Waals surface area contributed by atoms with Gasteiger partial charge in [0.15, 0.2) is 5.78 Å². The molecule has 0 saturated carbocycles. The van der Waals surface area contributed by atoms with Crippen LogP contribution in [0.15, 0.2) is 84.1 Å². The zero-order valence-corrected chi connectivity index (χ0v) is 21.3. The normalized spacial score (nSPS) is 19.2. The van der Waals surface area contributed by atoms with E-state index in [0.29, 0.717) is 36.1 Å². The van der Waals surface area contributed by atoms with E-state index in [2.05, 4.69) is 5.32 Å². The maximum absolute atomic E-state index is 13.9. The number of para-hydroxylation sites is 2. The van der Waals surface area contributed by atoms with Crippen LogP contribution < -0.4 is 15.0 Å². The molecule has 6 heteroatoms. The average molecular weight is 499 g/mol. The zero-order valence-electron chi connectivity index (χ0n) is 21.3. The smallest absolute Gasteiger partial charge is 0.228 e. The number of nitrogens with zero attached hydrogens (tertiary/aromatic N) is 1. The summed E-state index contributed by atoms with van der Waals surface area (Å²) in [5.74, 6) is 0.447. The topological polar surface area (TPSA) is 58.6 Å². The van der Waals surface area contributed by atoms with Gasteiger partial charge in [-0.15, -0.1) is 0 Å². The molecule has 5 rings (SSSR count). The van der Waals surface area contributed by atoms with E-state index in [0.717, 1.165) is 22.7 Å². The van der Waals surface area contributed by atoms with E-state index in [-0.39, 0.29) is 29.3 Å². The number of carbonyl (C=O) groups excluding carboxylic acids is 2. The Morgan fingerprint density at radius 1 is 1.00 bits per heavy atom. The molecule has 2 aliphatic rings. The number of halogens is 1. The van der Waals surface area contributed by atoms with Crippen LogP contribution in [0.25, 0.3) is 0 Å². The fourth-order valence-corrected chi connectivity index (χ4v) is 5.39. The number of ether oxygens (including phenoxy) is 1. The Kier molecular flexibility index (Phi) is 6.83. The van der Waals surface area contributed by atoms with Gasteiger partial charge in [-0.25, -0.2) is 4.39 Å². The van der Waals surface area contributed by atoms with Crippen molar-refractivity contribution in [2.24, 2.45) is 5.92 Å². The fourth-order valence-electron chi connectivity index (χ4n) is 5.39. The van der Waals surface area contributed by atoms with E-state index >= 15 is 0 Å². The predicted octanol–water partition coefficient (Wildman–Crippen LogP) is 6.78. The predicted molar refractivity (Wildman–Crippen MR) is 143 cm³/mol. The third kappa shape index (κ3) is 4.88. The maximum Gasteiger partial charge on any atom is 0.228 e. The van der Waals surface area contributed by atoms with Gasteiger partial charge in [0.05, 0.1) is 24.5 Å². The van der Waals surface area contributed by atoms with Gasteiger partial charge in [0.2, 0.25) is 5.91 Å². The van der Waals surface area contributed by atoms with Crippen LogP contribution in [-0.4, -0.2) is 18.8 Å². The van der Waals surface area contributed by atoms with Gasteiger partial charge < -0.3 is 10.1 Å². The van der Waals surface area contributed by atoms with Gasteiger partial charge in [-0.3, -0.25) is 14.5 Å². The number of allylic oxidation sites excluding steroid dienone is 1. The maximum atomic E-state index is 13.9. The van der Waals surface area contributed by atoms with E-state index in [9.17, 15) is 14.0 Å². The second-order valence-corrected chi connectivity index (χ2v) is 10.2. The summed E-state index contributed by atoms with van der Waals surface area (Å²) < 4.78 is 19.2. The zero-order chi connectivity index (χ0) is 26.1. The molecule has 5 nitrogen and oxygen atoms in total. The van der Waals surface area contributed by atoms with Crippen molar-refractivity contribution in [2.75, 3.05) is 17.3 Å². The molecule has 1 aliphatic carbocycles. The van der Waals surface area contributed by atoms with Crippen LogP contribution >= 0.6 is 0 Å². The molecule has 0 spiro atoms. The molecule has 190 valence electrons. The molecule has 37 heavy (non-hydrogen) atoms. The van der Waals surface area contributed by atoms with Crippen molar-refractivity contribution in [3.05, 3.63) is 101 Å². The van der Waals surface area contributed by atoms with Gasteiger partial charge in [0.1, 0.15) is 11.6 Å². The Morgan fingerprint density at radius 2 is 1.68 bits per heavy atom. The third-order valence-corrected chi connectivity index (χ3v) is 7.11. The quantitative estimate of drug-likeness (QED) is 0.421. The number of ketones is 1. The van der Waals surface area contributed by atoms with Gasteiger partial charge >= 0.3 is 0 Å². The summed E-state index contributed by atoms with van der Waals surface area (Å²) in [4.78, 5) is 29.5. The highest BCUT2D eigenvalue weighted by Gasteiger charge is 2.41. The minimum atomic E-state index is -0.651. The van der Waals surface area contributed by atoms with Crippen molar-refractivity contribution in [1.82, 2.24) is 0 Å². The first-order valence-electron chi connectivity index (χ1n) is 12.7. The lowest BCUT2D eigenvalue weighted by atomic mass is 9.78. The summed E-state index contributed by atoms with van der Waals surface area (Å²) in [6.45, 7) is 4.01. The highest BCUT2D eigenvalue weighted by Crippen LogP contribution is 2.47. The van der Waals surface area contributed by atoms with Crippen LogP contribution in [0.4, 0.5) is 15.8 Å². The lowest BCUT2D eigenvalue weighted by Gasteiger charge is -2.35. The highest BCUT2D eigenvalue weighted by atomic mass is 19.1. The number of fused-ring (bicyclic) bond motifs is 1. The SMILES string of the molecule is COc1ccc([C@H]2CC(=O)C3=C(C2)Nc2ccccc2N(C(=O)CC(C)C)[C@H]3c2ccc(F)cc2)cc1. The molecule has 3 aromatic carbocycles. The van der Waals surface area contributed by atoms with Crippen LogP contribution in [0, 0.1) is 11.7 Å². The van der Waals surface area contributed by atoms with Crippen molar-refractivity contribution >= 4 is 23.1 Å². The number of hydrogen-bond donors (Lipinski definition) is 1. The van der Waals surface area contributed by atoms with E-state index in [1.165, 1.54) is 12.1 Å². The Hall–Kier alpha value is -3.93. The largest absolute Gasteiger partial charge is 0.497 e. The molecule has 0 saturated heterocycles. The molecule has 0 radical (unpaired) electrons. The molecular weight excluding hydrogens is 467 g/mol. The van der Waals surface area contributed by atoms with Crippen LogP contribution in [-0.2, 0) is 9.59 Å². The second kappa shape index (κ2) is 10.2. The first kappa shape index (κ1) is 24.8. The molecule has 0 aromatic heterocycles. The molecule has 0 unspecified atom stereocenters. The van der Waals surface area contributed by atoms with Crippen molar-refractivity contribution in [3.63, 3.8) is 0 Å². The molecular formula is C31H31FN2O3. The van der Waals surface area contributed by atoms with E-state index in [1.54, 1.807) is 24.1 Å². The van der Waals surface area contributed by atoms with Gasteiger partial charge in [0, 0.05) is 24.1 Å². The van der Waals surface area contributed by atoms with Crippen molar-refractivity contribution < 1.29 is 18.7 Å². The molecule has 2 atom stereocenters. The van der Waals surface area contributed by atoms with E-state index in [4.69, 9.17) is 4.74 Å². The number of Topliss-reactive ketones (excluding diaryl/α,β-unsaturated/α-hetero) is 1. The average Bonchev–Trinajstić information content (AvgIpc) is 3.03. The number of benzene rings is 3. The van der Waals surface area contributed by atoms with Crippen molar-refractivity contribution in [1.29, 1.82) is 0 Å². The third-order valence-electron chi connectivity index (χ3n) is 7.11. The molecule has 1 heterocycles. The van der Waals surface area contributed by atoms with Crippen molar-refractivity contribution in [3.8, 4) is 5.75 Å². The minimum absolute atomic E-state index is 0.0106. The summed E-state index contributed by atoms with van der Waals surface area (Å²) in [6.07, 6.45) is 1.27.